The first-order valence-electron chi connectivity index (χ1n) is 10.3. The summed E-state index contributed by atoms with van der Waals surface area (Å²) in [6.45, 7) is 4.82. The van der Waals surface area contributed by atoms with Gasteiger partial charge in [-0.25, -0.2) is 4.98 Å². The molecule has 5 rings (SSSR count). The number of benzene rings is 1. The zero-order valence-electron chi connectivity index (χ0n) is 17.2. The van der Waals surface area contributed by atoms with Gasteiger partial charge in [-0.1, -0.05) is 18.2 Å². The largest absolute Gasteiger partial charge is 0.326 e. The van der Waals surface area contributed by atoms with Gasteiger partial charge in [0.1, 0.15) is 17.3 Å². The number of anilines is 1. The topological polar surface area (TPSA) is 77.1 Å². The van der Waals surface area contributed by atoms with Crippen molar-refractivity contribution in [3.63, 3.8) is 0 Å². The molecule has 7 nitrogen and oxygen atoms in total. The molecule has 0 unspecified atom stereocenters. The lowest BCUT2D eigenvalue weighted by molar-refractivity contribution is -0.115. The van der Waals surface area contributed by atoms with Crippen LogP contribution in [0.15, 0.2) is 48.7 Å². The summed E-state index contributed by atoms with van der Waals surface area (Å²) in [7, 11) is 0. The fourth-order valence-electron chi connectivity index (χ4n) is 4.34. The van der Waals surface area contributed by atoms with Crippen molar-refractivity contribution in [2.45, 2.75) is 45.6 Å². The van der Waals surface area contributed by atoms with E-state index in [2.05, 4.69) is 37.2 Å². The Morgan fingerprint density at radius 3 is 2.97 bits per heavy atom. The number of imidazole rings is 1. The van der Waals surface area contributed by atoms with Crippen molar-refractivity contribution in [2.75, 3.05) is 5.32 Å². The van der Waals surface area contributed by atoms with Gasteiger partial charge in [0.25, 0.3) is 0 Å². The van der Waals surface area contributed by atoms with Crippen LogP contribution in [0.25, 0.3) is 5.65 Å². The molecule has 0 saturated heterocycles. The van der Waals surface area contributed by atoms with E-state index in [-0.39, 0.29) is 12.3 Å². The quantitative estimate of drug-likeness (QED) is 0.569. The van der Waals surface area contributed by atoms with Crippen molar-refractivity contribution >= 4 is 17.2 Å². The number of aromatic nitrogens is 5. The SMILES string of the molecule is Cc1nc2ccccn2c1CC(=O)Nc1cccc([C@@H]2CCc3nnc(C)n3C2)c1. The molecule has 0 aliphatic carbocycles. The van der Waals surface area contributed by atoms with E-state index in [0.29, 0.717) is 5.92 Å². The van der Waals surface area contributed by atoms with Gasteiger partial charge in [0, 0.05) is 30.8 Å². The van der Waals surface area contributed by atoms with Crippen molar-refractivity contribution in [3.8, 4) is 0 Å². The minimum Gasteiger partial charge on any atom is -0.326 e. The van der Waals surface area contributed by atoms with Crippen LogP contribution >= 0.6 is 0 Å². The van der Waals surface area contributed by atoms with Crippen molar-refractivity contribution < 1.29 is 4.79 Å². The van der Waals surface area contributed by atoms with Gasteiger partial charge < -0.3 is 14.3 Å². The fraction of sp³-hybridized carbons (Fsp3) is 0.304. The molecule has 1 amide bonds. The maximum atomic E-state index is 12.8. The Kier molecular flexibility index (Phi) is 4.58. The summed E-state index contributed by atoms with van der Waals surface area (Å²) < 4.78 is 4.18. The summed E-state index contributed by atoms with van der Waals surface area (Å²) in [5.74, 6) is 2.38. The van der Waals surface area contributed by atoms with Crippen LogP contribution in [0.1, 0.15) is 40.9 Å². The smallest absolute Gasteiger partial charge is 0.230 e. The van der Waals surface area contributed by atoms with E-state index in [1.165, 1.54) is 5.56 Å². The molecular weight excluding hydrogens is 376 g/mol. The summed E-state index contributed by atoms with van der Waals surface area (Å²) in [5.41, 5.74) is 4.73. The molecule has 0 bridgehead atoms. The Bertz CT molecular complexity index is 1240. The second kappa shape index (κ2) is 7.40. The third-order valence-corrected chi connectivity index (χ3v) is 5.93. The van der Waals surface area contributed by atoms with E-state index in [1.54, 1.807) is 0 Å². The number of fused-ring (bicyclic) bond motifs is 2. The number of amides is 1. The fourth-order valence-corrected chi connectivity index (χ4v) is 4.34. The highest BCUT2D eigenvalue weighted by Crippen LogP contribution is 2.30. The predicted molar refractivity (Wildman–Crippen MR) is 115 cm³/mol. The van der Waals surface area contributed by atoms with Crippen molar-refractivity contribution in [1.82, 2.24) is 24.1 Å². The van der Waals surface area contributed by atoms with Crippen LogP contribution in [-0.2, 0) is 24.2 Å². The van der Waals surface area contributed by atoms with E-state index in [1.807, 2.05) is 54.8 Å². The Labute approximate surface area is 174 Å². The molecule has 1 aromatic carbocycles. The summed E-state index contributed by atoms with van der Waals surface area (Å²) >= 11 is 0. The number of nitrogens with zero attached hydrogens (tertiary/aromatic N) is 5. The van der Waals surface area contributed by atoms with Gasteiger partial charge in [-0.15, -0.1) is 10.2 Å². The molecule has 0 radical (unpaired) electrons. The lowest BCUT2D eigenvalue weighted by Gasteiger charge is -2.24. The molecule has 3 aromatic heterocycles. The van der Waals surface area contributed by atoms with Crippen LogP contribution in [-0.4, -0.2) is 30.1 Å². The number of carbonyl (C=O) groups is 1. The molecule has 30 heavy (non-hydrogen) atoms. The van der Waals surface area contributed by atoms with Gasteiger partial charge in [0.05, 0.1) is 17.8 Å². The maximum Gasteiger partial charge on any atom is 0.230 e. The van der Waals surface area contributed by atoms with Gasteiger partial charge in [0.2, 0.25) is 5.91 Å². The maximum absolute atomic E-state index is 12.8. The van der Waals surface area contributed by atoms with E-state index in [4.69, 9.17) is 0 Å². The van der Waals surface area contributed by atoms with Crippen LogP contribution in [0, 0.1) is 13.8 Å². The second-order valence-electron chi connectivity index (χ2n) is 7.93. The molecule has 1 atom stereocenters. The van der Waals surface area contributed by atoms with Gasteiger partial charge in [-0.3, -0.25) is 4.79 Å². The van der Waals surface area contributed by atoms with E-state index >= 15 is 0 Å². The number of carbonyl (C=O) groups excluding carboxylic acids is 1. The van der Waals surface area contributed by atoms with Crippen molar-refractivity contribution in [1.29, 1.82) is 0 Å². The van der Waals surface area contributed by atoms with Crippen LogP contribution in [0.5, 0.6) is 0 Å². The molecular formula is C23H24N6O. The number of hydrogen-bond acceptors (Lipinski definition) is 4. The predicted octanol–water partition coefficient (Wildman–Crippen LogP) is 3.45. The van der Waals surface area contributed by atoms with Gasteiger partial charge in [0.15, 0.2) is 0 Å². The van der Waals surface area contributed by atoms with Crippen molar-refractivity contribution in [3.05, 3.63) is 77.3 Å². The lowest BCUT2D eigenvalue weighted by Crippen LogP contribution is -2.20. The normalized spacial score (nSPS) is 15.9. The van der Waals surface area contributed by atoms with Crippen LogP contribution < -0.4 is 5.32 Å². The molecule has 0 saturated carbocycles. The van der Waals surface area contributed by atoms with E-state index in [0.717, 1.165) is 53.8 Å². The highest BCUT2D eigenvalue weighted by Gasteiger charge is 2.23. The summed E-state index contributed by atoms with van der Waals surface area (Å²) in [6.07, 6.45) is 4.20. The second-order valence-corrected chi connectivity index (χ2v) is 7.93. The van der Waals surface area contributed by atoms with Crippen LogP contribution in [0.3, 0.4) is 0 Å². The summed E-state index contributed by atoms with van der Waals surface area (Å²) in [4.78, 5) is 17.3. The molecule has 1 N–H and O–H groups in total. The monoisotopic (exact) mass is 400 g/mol. The minimum absolute atomic E-state index is 0.0403. The van der Waals surface area contributed by atoms with Crippen LogP contribution in [0.4, 0.5) is 5.69 Å². The zero-order chi connectivity index (χ0) is 20.7. The van der Waals surface area contributed by atoms with Gasteiger partial charge >= 0.3 is 0 Å². The van der Waals surface area contributed by atoms with E-state index in [9.17, 15) is 4.79 Å². The average Bonchev–Trinajstić information content (AvgIpc) is 3.27. The minimum atomic E-state index is -0.0403. The Hall–Kier alpha value is -3.48. The van der Waals surface area contributed by atoms with Crippen molar-refractivity contribution in [2.24, 2.45) is 0 Å². The summed E-state index contributed by atoms with van der Waals surface area (Å²) in [5, 5.41) is 11.5. The van der Waals surface area contributed by atoms with E-state index < -0.39 is 0 Å². The Morgan fingerprint density at radius 1 is 1.17 bits per heavy atom. The highest BCUT2D eigenvalue weighted by molar-refractivity contribution is 5.92. The molecule has 0 spiro atoms. The summed E-state index contributed by atoms with van der Waals surface area (Å²) in [6, 6.07) is 14.0. The standard InChI is InChI=1S/C23H24N6O/c1-15-20(28-11-4-3-8-21(28)24-15)13-23(30)25-19-7-5-6-17(12-19)18-9-10-22-27-26-16(2)29(22)14-18/h3-8,11-12,18H,9-10,13-14H2,1-2H3,(H,25,30)/t18-/m1/s1. The molecule has 1 aliphatic rings. The number of rotatable bonds is 4. The number of pyridine rings is 1. The van der Waals surface area contributed by atoms with Crippen LogP contribution in [0.2, 0.25) is 0 Å². The third-order valence-electron chi connectivity index (χ3n) is 5.93. The first-order valence-corrected chi connectivity index (χ1v) is 10.3. The number of hydrogen-bond donors (Lipinski definition) is 1. The molecule has 152 valence electrons. The average molecular weight is 400 g/mol. The highest BCUT2D eigenvalue weighted by atomic mass is 16.1. The molecule has 7 heteroatoms. The van der Waals surface area contributed by atoms with Gasteiger partial charge in [-0.2, -0.15) is 0 Å². The molecule has 4 heterocycles. The Balaban J connectivity index is 1.32. The molecule has 1 aliphatic heterocycles. The third kappa shape index (κ3) is 3.36. The van der Waals surface area contributed by atoms with Gasteiger partial charge in [-0.05, 0) is 50.1 Å². The lowest BCUT2D eigenvalue weighted by atomic mass is 9.91. The first kappa shape index (κ1) is 18.5. The Morgan fingerprint density at radius 2 is 2.07 bits per heavy atom. The number of aryl methyl sites for hydroxylation is 3. The molecule has 4 aromatic rings. The molecule has 0 fully saturated rings. The first-order chi connectivity index (χ1) is 14.6. The zero-order valence-corrected chi connectivity index (χ0v) is 17.2. The number of nitrogens with one attached hydrogen (secondary N) is 1.